The predicted octanol–water partition coefficient (Wildman–Crippen LogP) is 4.30. The molecule has 0 aliphatic carbocycles. The van der Waals surface area contributed by atoms with Crippen molar-refractivity contribution >= 4 is 27.4 Å². The number of thiophene rings is 1. The molecule has 0 bridgehead atoms. The molecule has 0 saturated carbocycles. The highest BCUT2D eigenvalue weighted by molar-refractivity contribution is 7.16. The smallest absolute Gasteiger partial charge is 0.128 e. The number of aromatic nitrogens is 2. The summed E-state index contributed by atoms with van der Waals surface area (Å²) in [6.45, 7) is 1.49. The second-order valence-electron chi connectivity index (χ2n) is 5.58. The van der Waals surface area contributed by atoms with Gasteiger partial charge in [-0.05, 0) is 48.6 Å². The van der Waals surface area contributed by atoms with Crippen LogP contribution in [0.2, 0.25) is 0 Å². The Balaban J connectivity index is 1.58. The zero-order chi connectivity index (χ0) is 14.9. The van der Waals surface area contributed by atoms with Crippen molar-refractivity contribution in [3.8, 4) is 11.3 Å². The van der Waals surface area contributed by atoms with Crippen molar-refractivity contribution < 1.29 is 4.39 Å². The molecule has 3 aromatic rings. The third-order valence-corrected chi connectivity index (χ3v) is 4.93. The van der Waals surface area contributed by atoms with Crippen LogP contribution >= 0.6 is 11.3 Å². The van der Waals surface area contributed by atoms with Crippen LogP contribution in [0.4, 0.5) is 10.2 Å². The molecule has 3 nitrogen and oxygen atoms in total. The van der Waals surface area contributed by atoms with E-state index in [1.807, 2.05) is 24.4 Å². The summed E-state index contributed by atoms with van der Waals surface area (Å²) in [5.74, 6) is 0.924. The maximum atomic E-state index is 13.2. The third-order valence-electron chi connectivity index (χ3n) is 4.11. The minimum Gasteiger partial charge on any atom is -0.356 e. The van der Waals surface area contributed by atoms with Crippen LogP contribution in [-0.4, -0.2) is 29.2 Å². The molecule has 4 rings (SSSR count). The molecule has 1 aliphatic rings. The van der Waals surface area contributed by atoms with Crippen molar-refractivity contribution in [1.29, 1.82) is 0 Å². The van der Waals surface area contributed by atoms with Gasteiger partial charge in [-0.2, -0.15) is 0 Å². The highest BCUT2D eigenvalue weighted by Gasteiger charge is 2.19. The van der Waals surface area contributed by atoms with E-state index >= 15 is 0 Å². The van der Waals surface area contributed by atoms with Gasteiger partial charge in [-0.3, -0.25) is 0 Å². The molecule has 0 N–H and O–H groups in total. The number of pyridine rings is 2. The second kappa shape index (κ2) is 5.65. The summed E-state index contributed by atoms with van der Waals surface area (Å²) in [5.41, 5.74) is 1.95. The normalized spacial score (nSPS) is 16.3. The Labute approximate surface area is 132 Å². The van der Waals surface area contributed by atoms with Crippen LogP contribution in [0.1, 0.15) is 12.8 Å². The number of nitrogens with zero attached hydrogens (tertiary/aromatic N) is 3. The lowest BCUT2D eigenvalue weighted by Gasteiger charge is -2.29. The number of alkyl halides is 1. The third kappa shape index (κ3) is 2.57. The van der Waals surface area contributed by atoms with Crippen molar-refractivity contribution in [2.75, 3.05) is 18.0 Å². The summed E-state index contributed by atoms with van der Waals surface area (Å²) in [4.78, 5) is 12.4. The van der Waals surface area contributed by atoms with Gasteiger partial charge in [0, 0.05) is 30.2 Å². The van der Waals surface area contributed by atoms with E-state index in [-0.39, 0.29) is 0 Å². The maximum Gasteiger partial charge on any atom is 0.128 e. The van der Waals surface area contributed by atoms with Crippen LogP contribution < -0.4 is 4.90 Å². The van der Waals surface area contributed by atoms with Crippen LogP contribution in [0.3, 0.4) is 0 Å². The fourth-order valence-corrected chi connectivity index (χ4v) is 3.57. The Hall–Kier alpha value is -2.01. The molecule has 0 radical (unpaired) electrons. The lowest BCUT2D eigenvalue weighted by atomic mass is 10.1. The van der Waals surface area contributed by atoms with E-state index in [2.05, 4.69) is 32.4 Å². The number of hydrogen-bond donors (Lipinski definition) is 0. The molecule has 1 fully saturated rings. The zero-order valence-electron chi connectivity index (χ0n) is 12.1. The Kier molecular flexibility index (Phi) is 3.50. The lowest BCUT2D eigenvalue weighted by Crippen LogP contribution is -2.34. The van der Waals surface area contributed by atoms with Crippen LogP contribution in [0.25, 0.3) is 21.5 Å². The molecule has 1 saturated heterocycles. The van der Waals surface area contributed by atoms with Gasteiger partial charge < -0.3 is 4.90 Å². The fraction of sp³-hybridized carbons (Fsp3) is 0.294. The van der Waals surface area contributed by atoms with Gasteiger partial charge in [-0.25, -0.2) is 14.4 Å². The molecular formula is C17H16FN3S. The number of fused-ring (bicyclic) bond motifs is 1. The maximum absolute atomic E-state index is 13.2. The van der Waals surface area contributed by atoms with Gasteiger partial charge in [0.05, 0.1) is 5.69 Å². The van der Waals surface area contributed by atoms with Crippen molar-refractivity contribution in [3.63, 3.8) is 0 Å². The SMILES string of the molecule is FC1CCN(c2ccc(-c3ccc4ccsc4n3)cn2)CC1. The van der Waals surface area contributed by atoms with Crippen molar-refractivity contribution in [1.82, 2.24) is 9.97 Å². The fourth-order valence-electron chi connectivity index (χ4n) is 2.81. The Morgan fingerprint density at radius 1 is 1.09 bits per heavy atom. The average Bonchev–Trinajstić information content (AvgIpc) is 3.03. The summed E-state index contributed by atoms with van der Waals surface area (Å²) in [6.07, 6.45) is 2.40. The molecule has 22 heavy (non-hydrogen) atoms. The Morgan fingerprint density at radius 2 is 1.95 bits per heavy atom. The summed E-state index contributed by atoms with van der Waals surface area (Å²) in [7, 11) is 0. The minimum absolute atomic E-state index is 0.597. The topological polar surface area (TPSA) is 29.0 Å². The molecular weight excluding hydrogens is 297 g/mol. The van der Waals surface area contributed by atoms with Crippen LogP contribution in [0, 0.1) is 0 Å². The predicted molar refractivity (Wildman–Crippen MR) is 89.2 cm³/mol. The van der Waals surface area contributed by atoms with E-state index in [0.29, 0.717) is 12.8 Å². The molecule has 0 atom stereocenters. The summed E-state index contributed by atoms with van der Waals surface area (Å²) in [6, 6.07) is 10.3. The second-order valence-corrected chi connectivity index (χ2v) is 6.47. The molecule has 3 aromatic heterocycles. The van der Waals surface area contributed by atoms with Gasteiger partial charge in [0.2, 0.25) is 0 Å². The highest BCUT2D eigenvalue weighted by atomic mass is 32.1. The lowest BCUT2D eigenvalue weighted by molar-refractivity contribution is 0.277. The first-order valence-corrected chi connectivity index (χ1v) is 8.37. The van der Waals surface area contributed by atoms with Gasteiger partial charge >= 0.3 is 0 Å². The number of rotatable bonds is 2. The first kappa shape index (κ1) is 13.6. The standard InChI is InChI=1S/C17H16FN3S/c18-14-5-8-21(9-6-14)16-4-2-13(11-19-16)15-3-1-12-7-10-22-17(12)20-15/h1-4,7,10-11,14H,5-6,8-9H2. The number of halogens is 1. The molecule has 1 aliphatic heterocycles. The zero-order valence-corrected chi connectivity index (χ0v) is 12.9. The first-order chi connectivity index (χ1) is 10.8. The minimum atomic E-state index is -0.655. The van der Waals surface area contributed by atoms with E-state index in [1.54, 1.807) is 11.3 Å². The Morgan fingerprint density at radius 3 is 2.73 bits per heavy atom. The van der Waals surface area contributed by atoms with Crippen LogP contribution in [-0.2, 0) is 0 Å². The Bertz CT molecular complexity index is 776. The van der Waals surface area contributed by atoms with E-state index in [9.17, 15) is 4.39 Å². The monoisotopic (exact) mass is 313 g/mol. The molecule has 0 aromatic carbocycles. The van der Waals surface area contributed by atoms with Crippen LogP contribution in [0.15, 0.2) is 41.9 Å². The largest absolute Gasteiger partial charge is 0.356 e. The highest BCUT2D eigenvalue weighted by Crippen LogP contribution is 2.26. The molecule has 0 spiro atoms. The molecule has 112 valence electrons. The summed E-state index contributed by atoms with van der Waals surface area (Å²) >= 11 is 1.65. The van der Waals surface area contributed by atoms with E-state index in [4.69, 9.17) is 0 Å². The average molecular weight is 313 g/mol. The van der Waals surface area contributed by atoms with Gasteiger partial charge in [-0.1, -0.05) is 0 Å². The van der Waals surface area contributed by atoms with Gasteiger partial charge in [0.1, 0.15) is 16.8 Å². The number of hydrogen-bond acceptors (Lipinski definition) is 4. The quantitative estimate of drug-likeness (QED) is 0.706. The van der Waals surface area contributed by atoms with Crippen molar-refractivity contribution in [2.24, 2.45) is 0 Å². The van der Waals surface area contributed by atoms with E-state index < -0.39 is 6.17 Å². The summed E-state index contributed by atoms with van der Waals surface area (Å²) < 4.78 is 13.2. The van der Waals surface area contributed by atoms with Crippen molar-refractivity contribution in [3.05, 3.63) is 41.9 Å². The number of piperidine rings is 1. The first-order valence-electron chi connectivity index (χ1n) is 7.49. The van der Waals surface area contributed by atoms with Gasteiger partial charge in [0.15, 0.2) is 0 Å². The molecule has 4 heterocycles. The van der Waals surface area contributed by atoms with Crippen LogP contribution in [0.5, 0.6) is 0 Å². The summed E-state index contributed by atoms with van der Waals surface area (Å²) in [5, 5.41) is 3.23. The van der Waals surface area contributed by atoms with E-state index in [1.165, 1.54) is 5.39 Å². The van der Waals surface area contributed by atoms with Gasteiger partial charge in [0.25, 0.3) is 0 Å². The molecule has 0 amide bonds. The number of anilines is 1. The van der Waals surface area contributed by atoms with E-state index in [0.717, 1.165) is 35.0 Å². The van der Waals surface area contributed by atoms with Crippen molar-refractivity contribution in [2.45, 2.75) is 19.0 Å². The molecule has 5 heteroatoms. The molecule has 0 unspecified atom stereocenters. The van der Waals surface area contributed by atoms with Gasteiger partial charge in [-0.15, -0.1) is 11.3 Å².